The number of anilines is 1. The summed E-state index contributed by atoms with van der Waals surface area (Å²) >= 11 is 0. The maximum absolute atomic E-state index is 13.7. The van der Waals surface area contributed by atoms with Crippen LogP contribution in [0.2, 0.25) is 0 Å². The standard InChI is InChI=1S/C25H28FN5O/c1-25(26)11-19(12-25)23(32)10-21-9-18-8-16(2-3-17(18)13-29-21)22-14-28-15-24(31-22)30-20-4-6-27-7-5-20/h2-3,8-9,13-15,19-20,27H,4-7,10-12H2,1H3,(H,30,31). The van der Waals surface area contributed by atoms with E-state index in [0.29, 0.717) is 18.9 Å². The number of fused-ring (bicyclic) bond motifs is 1. The number of ketones is 1. The van der Waals surface area contributed by atoms with E-state index in [1.807, 2.05) is 18.2 Å². The number of nitrogens with one attached hydrogen (secondary N) is 2. The van der Waals surface area contributed by atoms with Crippen molar-refractivity contribution in [3.05, 3.63) is 48.5 Å². The fourth-order valence-corrected chi connectivity index (χ4v) is 4.71. The Kier molecular flexibility index (Phi) is 5.59. The Balaban J connectivity index is 1.33. The molecule has 1 aliphatic carbocycles. The monoisotopic (exact) mass is 433 g/mol. The second-order valence-corrected chi connectivity index (χ2v) is 9.36. The van der Waals surface area contributed by atoms with Crippen LogP contribution >= 0.6 is 0 Å². The number of carbonyl (C=O) groups excluding carboxylic acids is 1. The van der Waals surface area contributed by atoms with E-state index >= 15 is 0 Å². The molecule has 7 heteroatoms. The molecule has 2 N–H and O–H groups in total. The van der Waals surface area contributed by atoms with E-state index in [1.54, 1.807) is 25.5 Å². The minimum atomic E-state index is -1.19. The first-order valence-corrected chi connectivity index (χ1v) is 11.4. The van der Waals surface area contributed by atoms with Crippen molar-refractivity contribution in [3.8, 4) is 11.3 Å². The van der Waals surface area contributed by atoms with Crippen molar-refractivity contribution in [1.82, 2.24) is 20.3 Å². The lowest BCUT2D eigenvalue weighted by Crippen LogP contribution is -2.41. The van der Waals surface area contributed by atoms with E-state index in [0.717, 1.165) is 59.5 Å². The number of carbonyl (C=O) groups is 1. The third kappa shape index (κ3) is 4.63. The highest BCUT2D eigenvalue weighted by atomic mass is 19.1. The molecule has 0 bridgehead atoms. The number of pyridine rings is 1. The number of nitrogens with zero attached hydrogens (tertiary/aromatic N) is 3. The fraction of sp³-hybridized carbons (Fsp3) is 0.440. The van der Waals surface area contributed by atoms with Gasteiger partial charge >= 0.3 is 0 Å². The highest BCUT2D eigenvalue weighted by molar-refractivity contribution is 5.88. The van der Waals surface area contributed by atoms with Crippen LogP contribution in [0.15, 0.2) is 42.9 Å². The summed E-state index contributed by atoms with van der Waals surface area (Å²) in [7, 11) is 0. The Morgan fingerprint density at radius 3 is 2.75 bits per heavy atom. The first kappa shape index (κ1) is 20.9. The number of hydrogen-bond donors (Lipinski definition) is 2. The summed E-state index contributed by atoms with van der Waals surface area (Å²) in [6, 6.07) is 8.46. The minimum Gasteiger partial charge on any atom is -0.366 e. The first-order chi connectivity index (χ1) is 15.4. The number of benzene rings is 1. The molecule has 0 unspecified atom stereocenters. The van der Waals surface area contributed by atoms with Gasteiger partial charge in [-0.25, -0.2) is 9.37 Å². The van der Waals surface area contributed by atoms with Crippen molar-refractivity contribution in [2.45, 2.75) is 50.7 Å². The third-order valence-electron chi connectivity index (χ3n) is 6.55. The molecule has 1 saturated heterocycles. The highest BCUT2D eigenvalue weighted by Gasteiger charge is 2.43. The number of Topliss-reactive ketones (excluding diaryl/α,β-unsaturated/α-hetero) is 1. The molecule has 2 aromatic heterocycles. The Hall–Kier alpha value is -2.93. The summed E-state index contributed by atoms with van der Waals surface area (Å²) in [6.45, 7) is 3.59. The Morgan fingerprint density at radius 1 is 1.16 bits per heavy atom. The van der Waals surface area contributed by atoms with Gasteiger partial charge < -0.3 is 10.6 Å². The second-order valence-electron chi connectivity index (χ2n) is 9.36. The molecule has 1 aliphatic heterocycles. The van der Waals surface area contributed by atoms with Gasteiger partial charge in [-0.2, -0.15) is 0 Å². The van der Waals surface area contributed by atoms with Crippen LogP contribution in [0, 0.1) is 5.92 Å². The summed E-state index contributed by atoms with van der Waals surface area (Å²) in [5.41, 5.74) is 1.30. The zero-order chi connectivity index (χ0) is 22.1. The Labute approximate surface area is 187 Å². The topological polar surface area (TPSA) is 79.8 Å². The highest BCUT2D eigenvalue weighted by Crippen LogP contribution is 2.41. The second kappa shape index (κ2) is 8.54. The molecule has 3 heterocycles. The van der Waals surface area contributed by atoms with E-state index in [9.17, 15) is 9.18 Å². The van der Waals surface area contributed by atoms with Gasteiger partial charge in [-0.3, -0.25) is 14.8 Å². The van der Waals surface area contributed by atoms with Crippen LogP contribution in [0.25, 0.3) is 22.0 Å². The third-order valence-corrected chi connectivity index (χ3v) is 6.55. The van der Waals surface area contributed by atoms with Gasteiger partial charge in [0, 0.05) is 41.2 Å². The van der Waals surface area contributed by atoms with Crippen molar-refractivity contribution in [2.24, 2.45) is 5.92 Å². The van der Waals surface area contributed by atoms with Crippen LogP contribution in [-0.4, -0.2) is 45.5 Å². The van der Waals surface area contributed by atoms with Crippen LogP contribution in [-0.2, 0) is 11.2 Å². The number of rotatable bonds is 6. The van der Waals surface area contributed by atoms with Gasteiger partial charge in [-0.15, -0.1) is 0 Å². The lowest BCUT2D eigenvalue weighted by molar-refractivity contribution is -0.130. The van der Waals surface area contributed by atoms with E-state index < -0.39 is 5.67 Å². The van der Waals surface area contributed by atoms with E-state index in [4.69, 9.17) is 4.98 Å². The SMILES string of the molecule is CC1(F)CC(C(=O)Cc2cc3cc(-c4cncc(NC5CCNCC5)n4)ccc3cn2)C1. The molecule has 2 fully saturated rings. The lowest BCUT2D eigenvalue weighted by Gasteiger charge is -2.37. The molecular weight excluding hydrogens is 405 g/mol. The van der Waals surface area contributed by atoms with Gasteiger partial charge in [0.15, 0.2) is 0 Å². The molecule has 2 aliphatic rings. The fourth-order valence-electron chi connectivity index (χ4n) is 4.71. The molecule has 0 atom stereocenters. The van der Waals surface area contributed by atoms with Crippen LogP contribution in [0.3, 0.4) is 0 Å². The summed E-state index contributed by atoms with van der Waals surface area (Å²) in [6.07, 6.45) is 8.37. The molecule has 1 saturated carbocycles. The Morgan fingerprint density at radius 2 is 1.97 bits per heavy atom. The first-order valence-electron chi connectivity index (χ1n) is 11.4. The van der Waals surface area contributed by atoms with Crippen molar-refractivity contribution in [2.75, 3.05) is 18.4 Å². The average molecular weight is 434 g/mol. The molecule has 5 rings (SSSR count). The smallest absolute Gasteiger partial charge is 0.145 e. The number of aromatic nitrogens is 3. The summed E-state index contributed by atoms with van der Waals surface area (Å²) < 4.78 is 13.7. The van der Waals surface area contributed by atoms with Gasteiger partial charge in [0.1, 0.15) is 17.3 Å². The molecular formula is C25H28FN5O. The van der Waals surface area contributed by atoms with Crippen molar-refractivity contribution >= 4 is 22.4 Å². The van der Waals surface area contributed by atoms with E-state index in [-0.39, 0.29) is 18.1 Å². The minimum absolute atomic E-state index is 0.0747. The quantitative estimate of drug-likeness (QED) is 0.609. The normalized spacial score (nSPS) is 23.6. The molecule has 1 aromatic carbocycles. The molecule has 166 valence electrons. The van der Waals surface area contributed by atoms with Gasteiger partial charge in [-0.05, 0) is 63.2 Å². The summed E-state index contributed by atoms with van der Waals surface area (Å²) in [5, 5.41) is 8.87. The summed E-state index contributed by atoms with van der Waals surface area (Å²) in [4.78, 5) is 26.1. The zero-order valence-corrected chi connectivity index (χ0v) is 18.3. The van der Waals surface area contributed by atoms with Crippen LogP contribution in [0.5, 0.6) is 0 Å². The molecule has 0 spiro atoms. The predicted molar refractivity (Wildman–Crippen MR) is 123 cm³/mol. The molecule has 3 aromatic rings. The lowest BCUT2D eigenvalue weighted by atomic mass is 9.71. The van der Waals surface area contributed by atoms with Gasteiger partial charge in [0.2, 0.25) is 0 Å². The molecule has 0 radical (unpaired) electrons. The molecule has 32 heavy (non-hydrogen) atoms. The zero-order valence-electron chi connectivity index (χ0n) is 18.3. The predicted octanol–water partition coefficient (Wildman–Crippen LogP) is 4.11. The van der Waals surface area contributed by atoms with Gasteiger partial charge in [0.25, 0.3) is 0 Å². The molecule has 6 nitrogen and oxygen atoms in total. The van der Waals surface area contributed by atoms with E-state index in [1.165, 1.54) is 0 Å². The average Bonchev–Trinajstić information content (AvgIpc) is 2.78. The van der Waals surface area contributed by atoms with Crippen molar-refractivity contribution in [3.63, 3.8) is 0 Å². The van der Waals surface area contributed by atoms with Crippen LogP contribution < -0.4 is 10.6 Å². The largest absolute Gasteiger partial charge is 0.366 e. The number of halogens is 1. The Bertz CT molecular complexity index is 1130. The maximum atomic E-state index is 13.7. The van der Waals surface area contributed by atoms with Gasteiger partial charge in [0.05, 0.1) is 18.1 Å². The van der Waals surface area contributed by atoms with Crippen molar-refractivity contribution in [1.29, 1.82) is 0 Å². The van der Waals surface area contributed by atoms with Crippen LogP contribution in [0.4, 0.5) is 10.2 Å². The summed E-state index contributed by atoms with van der Waals surface area (Å²) in [5.74, 6) is 0.681. The number of hydrogen-bond acceptors (Lipinski definition) is 6. The number of alkyl halides is 1. The number of piperidine rings is 1. The van der Waals surface area contributed by atoms with E-state index in [2.05, 4.69) is 26.7 Å². The van der Waals surface area contributed by atoms with Crippen molar-refractivity contribution < 1.29 is 9.18 Å². The molecule has 0 amide bonds. The van der Waals surface area contributed by atoms with Gasteiger partial charge in [-0.1, -0.05) is 12.1 Å². The van der Waals surface area contributed by atoms with Crippen LogP contribution in [0.1, 0.15) is 38.3 Å². The maximum Gasteiger partial charge on any atom is 0.145 e.